The Kier molecular flexibility index (Phi) is 3.99. The topological polar surface area (TPSA) is 55.8 Å². The fraction of sp³-hybridized carbons (Fsp3) is 0.417. The van der Waals surface area contributed by atoms with Crippen LogP contribution < -0.4 is 0 Å². The molecule has 0 amide bonds. The van der Waals surface area contributed by atoms with Crippen LogP contribution >= 0.6 is 11.6 Å². The van der Waals surface area contributed by atoms with Crippen molar-refractivity contribution in [1.29, 1.82) is 0 Å². The Morgan fingerprint density at radius 3 is 3.00 bits per heavy atom. The van der Waals surface area contributed by atoms with Crippen molar-refractivity contribution in [3.63, 3.8) is 0 Å². The fourth-order valence-electron chi connectivity index (χ4n) is 1.65. The lowest BCUT2D eigenvalue weighted by Gasteiger charge is -2.11. The monoisotopic (exact) mass is 256 g/mol. The van der Waals surface area contributed by atoms with E-state index >= 15 is 0 Å². The number of hydrogen-bond acceptors (Lipinski definition) is 3. The summed E-state index contributed by atoms with van der Waals surface area (Å²) in [6.45, 7) is 1.73. The van der Waals surface area contributed by atoms with Crippen LogP contribution in [0.4, 0.5) is 0 Å². The molecule has 1 aromatic rings. The quantitative estimate of drug-likeness (QED) is 0.898. The summed E-state index contributed by atoms with van der Waals surface area (Å²) in [6.07, 6.45) is 1.01. The second-order valence-electron chi connectivity index (χ2n) is 3.91. The van der Waals surface area contributed by atoms with Gasteiger partial charge in [-0.1, -0.05) is 17.7 Å². The van der Waals surface area contributed by atoms with Gasteiger partial charge in [0.15, 0.2) is 0 Å². The molecule has 92 valence electrons. The highest BCUT2D eigenvalue weighted by molar-refractivity contribution is 6.31. The molecule has 1 atom stereocenters. The predicted molar refractivity (Wildman–Crippen MR) is 62.4 cm³/mol. The normalized spacial score (nSPS) is 19.5. The maximum absolute atomic E-state index is 10.7. The lowest BCUT2D eigenvalue weighted by molar-refractivity contribution is 0.0318. The smallest absolute Gasteiger partial charge is 0.335 e. The van der Waals surface area contributed by atoms with Gasteiger partial charge in [0.05, 0.1) is 24.9 Å². The summed E-state index contributed by atoms with van der Waals surface area (Å²) in [5.74, 6) is -0.983. The molecular weight excluding hydrogens is 244 g/mol. The average molecular weight is 257 g/mol. The molecule has 5 heteroatoms. The number of hydrogen-bond donors (Lipinski definition) is 1. The molecule has 0 aliphatic carbocycles. The van der Waals surface area contributed by atoms with Crippen molar-refractivity contribution in [2.24, 2.45) is 0 Å². The van der Waals surface area contributed by atoms with E-state index < -0.39 is 5.97 Å². The number of halogens is 1. The zero-order valence-electron chi connectivity index (χ0n) is 9.19. The van der Waals surface area contributed by atoms with E-state index in [1.165, 1.54) is 12.1 Å². The van der Waals surface area contributed by atoms with E-state index in [0.29, 0.717) is 18.2 Å². The van der Waals surface area contributed by atoms with Crippen LogP contribution in [-0.4, -0.2) is 30.4 Å². The third-order valence-electron chi connectivity index (χ3n) is 2.66. The van der Waals surface area contributed by atoms with Crippen LogP contribution in [0.15, 0.2) is 18.2 Å². The Morgan fingerprint density at radius 1 is 1.59 bits per heavy atom. The molecule has 4 nitrogen and oxygen atoms in total. The summed E-state index contributed by atoms with van der Waals surface area (Å²) in [4.78, 5) is 10.7. The Bertz CT molecular complexity index is 413. The van der Waals surface area contributed by atoms with Gasteiger partial charge in [0.2, 0.25) is 0 Å². The summed E-state index contributed by atoms with van der Waals surface area (Å²) >= 11 is 5.98. The van der Waals surface area contributed by atoms with E-state index in [2.05, 4.69) is 0 Å². The molecule has 1 fully saturated rings. The zero-order valence-corrected chi connectivity index (χ0v) is 9.94. The molecule has 1 heterocycles. The van der Waals surface area contributed by atoms with Gasteiger partial charge in [-0.25, -0.2) is 4.79 Å². The summed E-state index contributed by atoms with van der Waals surface area (Å²) in [7, 11) is 0. The molecule has 1 N–H and O–H groups in total. The molecule has 1 aromatic carbocycles. The Labute approximate surface area is 104 Å². The fourth-order valence-corrected chi connectivity index (χ4v) is 1.88. The minimum Gasteiger partial charge on any atom is -0.478 e. The van der Waals surface area contributed by atoms with Gasteiger partial charge in [-0.05, 0) is 24.1 Å². The number of carboxylic acids is 1. The first kappa shape index (κ1) is 12.4. The van der Waals surface area contributed by atoms with E-state index in [9.17, 15) is 4.79 Å². The molecule has 0 bridgehead atoms. The highest BCUT2D eigenvalue weighted by atomic mass is 35.5. The van der Waals surface area contributed by atoms with Crippen molar-refractivity contribution in [3.8, 4) is 0 Å². The second kappa shape index (κ2) is 5.49. The number of aromatic carboxylic acids is 1. The molecule has 17 heavy (non-hydrogen) atoms. The zero-order chi connectivity index (χ0) is 12.3. The molecule has 1 aliphatic rings. The molecular formula is C12H13ClO4. The van der Waals surface area contributed by atoms with Crippen molar-refractivity contribution in [3.05, 3.63) is 34.3 Å². The Hall–Kier alpha value is -1.10. The van der Waals surface area contributed by atoms with Gasteiger partial charge in [0.1, 0.15) is 0 Å². The summed E-state index contributed by atoms with van der Waals surface area (Å²) < 4.78 is 10.8. The second-order valence-corrected chi connectivity index (χ2v) is 4.32. The first-order valence-corrected chi connectivity index (χ1v) is 5.75. The van der Waals surface area contributed by atoms with Gasteiger partial charge in [-0.2, -0.15) is 0 Å². The van der Waals surface area contributed by atoms with Crippen LogP contribution in [0.25, 0.3) is 0 Å². The molecule has 1 aliphatic heterocycles. The van der Waals surface area contributed by atoms with Crippen LogP contribution in [-0.2, 0) is 16.1 Å². The third kappa shape index (κ3) is 3.19. The van der Waals surface area contributed by atoms with Gasteiger partial charge < -0.3 is 14.6 Å². The minimum absolute atomic E-state index is 0.116. The van der Waals surface area contributed by atoms with Gasteiger partial charge >= 0.3 is 5.97 Å². The van der Waals surface area contributed by atoms with Crippen molar-refractivity contribution >= 4 is 17.6 Å². The van der Waals surface area contributed by atoms with E-state index in [-0.39, 0.29) is 11.7 Å². The lowest BCUT2D eigenvalue weighted by Crippen LogP contribution is -2.12. The number of rotatable bonds is 4. The van der Waals surface area contributed by atoms with E-state index in [1.807, 2.05) is 0 Å². The van der Waals surface area contributed by atoms with Crippen molar-refractivity contribution in [2.75, 3.05) is 13.2 Å². The largest absolute Gasteiger partial charge is 0.478 e. The Morgan fingerprint density at radius 2 is 2.41 bits per heavy atom. The van der Waals surface area contributed by atoms with Crippen molar-refractivity contribution in [2.45, 2.75) is 19.1 Å². The molecule has 2 rings (SSSR count). The lowest BCUT2D eigenvalue weighted by atomic mass is 10.1. The molecule has 1 unspecified atom stereocenters. The first-order chi connectivity index (χ1) is 8.16. The number of carbonyl (C=O) groups is 1. The molecule has 0 radical (unpaired) electrons. The van der Waals surface area contributed by atoms with Crippen LogP contribution in [0.2, 0.25) is 5.02 Å². The van der Waals surface area contributed by atoms with Crippen LogP contribution in [0.1, 0.15) is 22.3 Å². The highest BCUT2D eigenvalue weighted by Crippen LogP contribution is 2.20. The molecule has 0 spiro atoms. The van der Waals surface area contributed by atoms with E-state index in [0.717, 1.165) is 18.6 Å². The maximum atomic E-state index is 10.7. The third-order valence-corrected chi connectivity index (χ3v) is 3.01. The van der Waals surface area contributed by atoms with Crippen LogP contribution in [0.5, 0.6) is 0 Å². The van der Waals surface area contributed by atoms with E-state index in [1.54, 1.807) is 6.07 Å². The number of carboxylic acid groups (broad SMARTS) is 1. The average Bonchev–Trinajstić information content (AvgIpc) is 2.80. The van der Waals surface area contributed by atoms with Gasteiger partial charge in [-0.15, -0.1) is 0 Å². The first-order valence-electron chi connectivity index (χ1n) is 5.38. The standard InChI is InChI=1S/C12H13ClO4/c13-11-5-8(12(14)15)1-2-9(11)6-17-10-3-4-16-7-10/h1-2,5,10H,3-4,6-7H2,(H,14,15). The summed E-state index contributed by atoms with van der Waals surface area (Å²) in [6, 6.07) is 4.65. The highest BCUT2D eigenvalue weighted by Gasteiger charge is 2.16. The number of benzene rings is 1. The van der Waals surface area contributed by atoms with E-state index in [4.69, 9.17) is 26.2 Å². The van der Waals surface area contributed by atoms with Crippen molar-refractivity contribution in [1.82, 2.24) is 0 Å². The molecule has 1 saturated heterocycles. The number of ether oxygens (including phenoxy) is 2. The SMILES string of the molecule is O=C(O)c1ccc(COC2CCOC2)c(Cl)c1. The molecule has 0 aromatic heterocycles. The Balaban J connectivity index is 1.98. The van der Waals surface area contributed by atoms with Crippen LogP contribution in [0.3, 0.4) is 0 Å². The van der Waals surface area contributed by atoms with Crippen molar-refractivity contribution < 1.29 is 19.4 Å². The van der Waals surface area contributed by atoms with Gasteiger partial charge in [0.25, 0.3) is 0 Å². The van der Waals surface area contributed by atoms with Crippen LogP contribution in [0, 0.1) is 0 Å². The predicted octanol–water partition coefficient (Wildman–Crippen LogP) is 2.34. The van der Waals surface area contributed by atoms with Gasteiger partial charge in [-0.3, -0.25) is 0 Å². The summed E-state index contributed by atoms with van der Waals surface area (Å²) in [5, 5.41) is 9.22. The maximum Gasteiger partial charge on any atom is 0.335 e. The van der Waals surface area contributed by atoms with Gasteiger partial charge in [0, 0.05) is 11.6 Å². The molecule has 0 saturated carbocycles. The minimum atomic E-state index is -0.983. The summed E-state index contributed by atoms with van der Waals surface area (Å²) in [5.41, 5.74) is 0.978.